The van der Waals surface area contributed by atoms with E-state index in [1.54, 1.807) is 37.3 Å². The summed E-state index contributed by atoms with van der Waals surface area (Å²) in [7, 11) is 0. The van der Waals surface area contributed by atoms with Crippen LogP contribution in [0.3, 0.4) is 0 Å². The lowest BCUT2D eigenvalue weighted by Gasteiger charge is -2.10. The molecule has 1 atom stereocenters. The maximum absolute atomic E-state index is 12.7. The Balaban J connectivity index is 1.63. The minimum absolute atomic E-state index is 0.174. The van der Waals surface area contributed by atoms with Crippen LogP contribution in [0.15, 0.2) is 46.6 Å². The SMILES string of the molecule is C=CCNC(=O)C1=NO[C@@H](CNC(=O)c2c(-c3ccccc3Cl)noc2C)C1. The van der Waals surface area contributed by atoms with E-state index in [1.165, 1.54) is 0 Å². The minimum Gasteiger partial charge on any atom is -0.390 e. The van der Waals surface area contributed by atoms with Crippen molar-refractivity contribution in [3.05, 3.63) is 53.3 Å². The van der Waals surface area contributed by atoms with Crippen molar-refractivity contribution in [1.29, 1.82) is 0 Å². The summed E-state index contributed by atoms with van der Waals surface area (Å²) in [5.74, 6) is -0.313. The highest BCUT2D eigenvalue weighted by molar-refractivity contribution is 6.39. The molecule has 146 valence electrons. The third-order valence-corrected chi connectivity index (χ3v) is 4.44. The third-order valence-electron chi connectivity index (χ3n) is 4.11. The predicted molar refractivity (Wildman–Crippen MR) is 104 cm³/mol. The molecule has 28 heavy (non-hydrogen) atoms. The number of halogens is 1. The summed E-state index contributed by atoms with van der Waals surface area (Å²) in [6, 6.07) is 7.07. The van der Waals surface area contributed by atoms with Crippen molar-refractivity contribution < 1.29 is 18.9 Å². The van der Waals surface area contributed by atoms with Crippen LogP contribution >= 0.6 is 11.6 Å². The number of aryl methyl sites for hydroxylation is 1. The second kappa shape index (κ2) is 8.71. The van der Waals surface area contributed by atoms with E-state index in [2.05, 4.69) is 27.5 Å². The second-order valence-electron chi connectivity index (χ2n) is 6.12. The quantitative estimate of drug-likeness (QED) is 0.692. The molecule has 0 saturated heterocycles. The molecule has 0 saturated carbocycles. The molecule has 2 amide bonds. The highest BCUT2D eigenvalue weighted by Gasteiger charge is 2.28. The first kappa shape index (κ1) is 19.6. The highest BCUT2D eigenvalue weighted by Crippen LogP contribution is 2.30. The van der Waals surface area contributed by atoms with E-state index in [0.717, 1.165) is 0 Å². The number of oxime groups is 1. The van der Waals surface area contributed by atoms with Crippen molar-refractivity contribution in [2.24, 2.45) is 5.16 Å². The van der Waals surface area contributed by atoms with Gasteiger partial charge in [-0.2, -0.15) is 0 Å². The Morgan fingerprint density at radius 2 is 2.11 bits per heavy atom. The van der Waals surface area contributed by atoms with Gasteiger partial charge >= 0.3 is 0 Å². The van der Waals surface area contributed by atoms with Crippen LogP contribution in [0, 0.1) is 6.92 Å². The number of nitrogens with zero attached hydrogens (tertiary/aromatic N) is 2. The van der Waals surface area contributed by atoms with Gasteiger partial charge in [0.2, 0.25) is 0 Å². The molecule has 3 rings (SSSR count). The molecule has 1 aromatic heterocycles. The van der Waals surface area contributed by atoms with Crippen molar-refractivity contribution in [2.75, 3.05) is 13.1 Å². The Labute approximate surface area is 166 Å². The third kappa shape index (κ3) is 4.23. The van der Waals surface area contributed by atoms with E-state index in [0.29, 0.717) is 40.6 Å². The standard InChI is InChI=1S/C19H19ClN4O4/c1-3-8-21-18(25)15-9-12(28-23-15)10-22-19(26)16-11(2)27-24-17(16)13-6-4-5-7-14(13)20/h3-7,12H,1,8-10H2,2H3,(H,21,25)(H,22,26)/t12-/m1/s1. The van der Waals surface area contributed by atoms with Crippen LogP contribution < -0.4 is 10.6 Å². The summed E-state index contributed by atoms with van der Waals surface area (Å²) in [6.07, 6.45) is 1.44. The molecule has 1 aliphatic heterocycles. The van der Waals surface area contributed by atoms with E-state index >= 15 is 0 Å². The molecular formula is C19H19ClN4O4. The lowest BCUT2D eigenvalue weighted by Crippen LogP contribution is -2.35. The Hall–Kier alpha value is -3.13. The van der Waals surface area contributed by atoms with E-state index in [9.17, 15) is 9.59 Å². The molecule has 0 aliphatic carbocycles. The predicted octanol–water partition coefficient (Wildman–Crippen LogP) is 2.48. The first-order valence-electron chi connectivity index (χ1n) is 8.62. The highest BCUT2D eigenvalue weighted by atomic mass is 35.5. The molecule has 0 unspecified atom stereocenters. The average Bonchev–Trinajstić information content (AvgIpc) is 3.31. The molecule has 2 aromatic rings. The van der Waals surface area contributed by atoms with Crippen molar-refractivity contribution in [2.45, 2.75) is 19.4 Å². The second-order valence-corrected chi connectivity index (χ2v) is 6.53. The number of nitrogens with one attached hydrogen (secondary N) is 2. The number of carbonyl (C=O) groups is 2. The van der Waals surface area contributed by atoms with Crippen LogP contribution in [0.2, 0.25) is 5.02 Å². The minimum atomic E-state index is -0.433. The monoisotopic (exact) mass is 402 g/mol. The van der Waals surface area contributed by atoms with Crippen LogP contribution in [0.25, 0.3) is 11.3 Å². The Morgan fingerprint density at radius 1 is 1.32 bits per heavy atom. The molecule has 9 heteroatoms. The van der Waals surface area contributed by atoms with E-state index in [-0.39, 0.29) is 24.1 Å². The first-order chi connectivity index (χ1) is 13.5. The molecular weight excluding hydrogens is 384 g/mol. The zero-order chi connectivity index (χ0) is 20.1. The zero-order valence-corrected chi connectivity index (χ0v) is 16.0. The van der Waals surface area contributed by atoms with Gasteiger partial charge in [-0.15, -0.1) is 6.58 Å². The Kier molecular flexibility index (Phi) is 6.10. The molecule has 0 fully saturated rings. The van der Waals surface area contributed by atoms with Gasteiger partial charge < -0.3 is 20.0 Å². The van der Waals surface area contributed by atoms with Crippen LogP contribution in [-0.2, 0) is 9.63 Å². The lowest BCUT2D eigenvalue weighted by atomic mass is 10.1. The van der Waals surface area contributed by atoms with Gasteiger partial charge in [-0.05, 0) is 13.0 Å². The zero-order valence-electron chi connectivity index (χ0n) is 15.2. The normalized spacial score (nSPS) is 15.5. The Bertz CT molecular complexity index is 938. The molecule has 0 bridgehead atoms. The van der Waals surface area contributed by atoms with Crippen LogP contribution in [0.5, 0.6) is 0 Å². The molecule has 2 N–H and O–H groups in total. The summed E-state index contributed by atoms with van der Waals surface area (Å²) in [4.78, 5) is 29.8. The number of benzene rings is 1. The van der Waals surface area contributed by atoms with Crippen molar-refractivity contribution in [3.8, 4) is 11.3 Å². The molecule has 2 heterocycles. The van der Waals surface area contributed by atoms with Gasteiger partial charge in [-0.3, -0.25) is 9.59 Å². The summed E-state index contributed by atoms with van der Waals surface area (Å²) < 4.78 is 5.20. The van der Waals surface area contributed by atoms with Crippen molar-refractivity contribution in [1.82, 2.24) is 15.8 Å². The van der Waals surface area contributed by atoms with Gasteiger partial charge in [-0.1, -0.05) is 46.2 Å². The van der Waals surface area contributed by atoms with Crippen LogP contribution in [-0.4, -0.2) is 41.9 Å². The van der Waals surface area contributed by atoms with E-state index in [4.69, 9.17) is 21.0 Å². The van der Waals surface area contributed by atoms with Crippen molar-refractivity contribution in [3.63, 3.8) is 0 Å². The summed E-state index contributed by atoms with van der Waals surface area (Å²) in [5.41, 5.74) is 1.55. The first-order valence-corrected chi connectivity index (χ1v) is 9.00. The van der Waals surface area contributed by atoms with E-state index < -0.39 is 6.10 Å². The van der Waals surface area contributed by atoms with Gasteiger partial charge in [-0.25, -0.2) is 0 Å². The number of carbonyl (C=O) groups excluding carboxylic acids is 2. The Morgan fingerprint density at radius 3 is 2.86 bits per heavy atom. The smallest absolute Gasteiger partial charge is 0.269 e. The fourth-order valence-corrected chi connectivity index (χ4v) is 2.94. The van der Waals surface area contributed by atoms with Gasteiger partial charge in [0.25, 0.3) is 11.8 Å². The van der Waals surface area contributed by atoms with Gasteiger partial charge in [0, 0.05) is 18.5 Å². The molecule has 1 aliphatic rings. The fraction of sp³-hybridized carbons (Fsp3) is 0.263. The van der Waals surface area contributed by atoms with Crippen LogP contribution in [0.1, 0.15) is 22.5 Å². The van der Waals surface area contributed by atoms with Gasteiger partial charge in [0.15, 0.2) is 6.10 Å². The maximum Gasteiger partial charge on any atom is 0.269 e. The van der Waals surface area contributed by atoms with Crippen molar-refractivity contribution >= 4 is 29.1 Å². The van der Waals surface area contributed by atoms with Crippen LogP contribution in [0.4, 0.5) is 0 Å². The molecule has 1 aromatic carbocycles. The van der Waals surface area contributed by atoms with E-state index in [1.807, 2.05) is 0 Å². The number of rotatable bonds is 7. The molecule has 0 radical (unpaired) electrons. The molecule has 0 spiro atoms. The maximum atomic E-state index is 12.7. The topological polar surface area (TPSA) is 106 Å². The number of hydrogen-bond acceptors (Lipinski definition) is 6. The number of hydrogen-bond donors (Lipinski definition) is 2. The molecule has 8 nitrogen and oxygen atoms in total. The lowest BCUT2D eigenvalue weighted by molar-refractivity contribution is -0.114. The summed E-state index contributed by atoms with van der Waals surface area (Å²) >= 11 is 6.21. The largest absolute Gasteiger partial charge is 0.390 e. The van der Waals surface area contributed by atoms with Gasteiger partial charge in [0.1, 0.15) is 22.7 Å². The summed E-state index contributed by atoms with van der Waals surface area (Å²) in [6.45, 7) is 5.70. The fourth-order valence-electron chi connectivity index (χ4n) is 2.71. The summed E-state index contributed by atoms with van der Waals surface area (Å²) in [5, 5.41) is 13.6. The average molecular weight is 403 g/mol. The number of aromatic nitrogens is 1. The van der Waals surface area contributed by atoms with Gasteiger partial charge in [0.05, 0.1) is 11.6 Å². The number of amides is 2.